The van der Waals surface area contributed by atoms with Gasteiger partial charge in [0.2, 0.25) is 0 Å². The second kappa shape index (κ2) is 12.7. The zero-order valence-corrected chi connectivity index (χ0v) is 21.2. The summed E-state index contributed by atoms with van der Waals surface area (Å²) in [6, 6.07) is 23.6. The van der Waals surface area contributed by atoms with Gasteiger partial charge in [-0.2, -0.15) is 0 Å². The lowest BCUT2D eigenvalue weighted by Crippen LogP contribution is -2.33. The Balaban J connectivity index is 1.59. The summed E-state index contributed by atoms with van der Waals surface area (Å²) in [5, 5.41) is 12.8. The topological polar surface area (TPSA) is 71.0 Å². The number of ether oxygens (including phenoxy) is 2. The molecule has 1 heterocycles. The highest BCUT2D eigenvalue weighted by Gasteiger charge is 2.17. The van der Waals surface area contributed by atoms with Gasteiger partial charge in [0, 0.05) is 31.1 Å². The monoisotopic (exact) mass is 488 g/mol. The average Bonchev–Trinajstić information content (AvgIpc) is 2.89. The molecule has 0 saturated heterocycles. The van der Waals surface area contributed by atoms with E-state index in [0.717, 1.165) is 30.0 Å². The smallest absolute Gasteiger partial charge is 0.251 e. The van der Waals surface area contributed by atoms with Gasteiger partial charge >= 0.3 is 0 Å². The highest BCUT2D eigenvalue weighted by molar-refractivity contribution is 5.95. The summed E-state index contributed by atoms with van der Waals surface area (Å²) in [6.45, 7) is 7.58. The Kier molecular flexibility index (Phi) is 9.11. The number of fused-ring (bicyclic) bond motifs is 3. The van der Waals surface area contributed by atoms with E-state index in [4.69, 9.17) is 9.47 Å². The number of aliphatic hydroxyl groups is 1. The minimum Gasteiger partial charge on any atom is -0.491 e. The van der Waals surface area contributed by atoms with Crippen molar-refractivity contribution in [2.75, 3.05) is 33.0 Å². The van der Waals surface area contributed by atoms with E-state index < -0.39 is 6.04 Å². The van der Waals surface area contributed by atoms with Crippen LogP contribution < -0.4 is 10.1 Å². The largest absolute Gasteiger partial charge is 0.491 e. The molecular formula is C30H36N2O4. The van der Waals surface area contributed by atoms with Crippen LogP contribution in [0.15, 0.2) is 72.8 Å². The van der Waals surface area contributed by atoms with Crippen LogP contribution in [0, 0.1) is 0 Å². The maximum absolute atomic E-state index is 13.1. The number of carbonyl (C=O) groups is 1. The van der Waals surface area contributed by atoms with Gasteiger partial charge in [-0.1, -0.05) is 54.6 Å². The van der Waals surface area contributed by atoms with Crippen molar-refractivity contribution in [1.82, 2.24) is 10.2 Å². The first-order chi connectivity index (χ1) is 17.5. The van der Waals surface area contributed by atoms with Gasteiger partial charge in [0.15, 0.2) is 0 Å². The molecule has 1 atom stereocenters. The van der Waals surface area contributed by atoms with E-state index in [1.807, 2.05) is 42.5 Å². The Hall–Kier alpha value is -3.19. The predicted octanol–water partition coefficient (Wildman–Crippen LogP) is 4.36. The summed E-state index contributed by atoms with van der Waals surface area (Å²) >= 11 is 0. The minimum absolute atomic E-state index is 0.177. The molecule has 0 aliphatic carbocycles. The van der Waals surface area contributed by atoms with Crippen LogP contribution in [-0.2, 0) is 17.7 Å². The van der Waals surface area contributed by atoms with Crippen LogP contribution in [0.3, 0.4) is 0 Å². The standard InChI is InChI=1S/C30H36N2O4/c1-22(2)32-13-14-35-15-16-36-29-12-11-26(19-27(29)18-23-7-6-8-24(17-23)20-32)30(34)31-28(21-33)25-9-4-3-5-10-25/h3-12,17,19,22,28,33H,13-16,18,20-21H2,1-2H3,(H,31,34)/t28-/m1/s1. The lowest BCUT2D eigenvalue weighted by Gasteiger charge is -2.27. The second-order valence-corrected chi connectivity index (χ2v) is 9.46. The van der Waals surface area contributed by atoms with E-state index in [-0.39, 0.29) is 12.5 Å². The lowest BCUT2D eigenvalue weighted by molar-refractivity contribution is 0.0695. The van der Waals surface area contributed by atoms with Crippen molar-refractivity contribution in [1.29, 1.82) is 0 Å². The summed E-state index contributed by atoms with van der Waals surface area (Å²) in [6.07, 6.45) is 0.648. The molecule has 36 heavy (non-hydrogen) atoms. The summed E-state index contributed by atoms with van der Waals surface area (Å²) in [5.74, 6) is 0.521. The van der Waals surface area contributed by atoms with Crippen molar-refractivity contribution in [3.05, 3.63) is 101 Å². The fourth-order valence-electron chi connectivity index (χ4n) is 4.47. The lowest BCUT2D eigenvalue weighted by atomic mass is 9.99. The number of nitrogens with zero attached hydrogens (tertiary/aromatic N) is 1. The number of carbonyl (C=O) groups excluding carboxylic acids is 1. The van der Waals surface area contributed by atoms with E-state index in [1.54, 1.807) is 6.07 Å². The molecule has 0 aromatic heterocycles. The molecule has 1 aliphatic rings. The van der Waals surface area contributed by atoms with E-state index in [2.05, 4.69) is 48.3 Å². The highest BCUT2D eigenvalue weighted by atomic mass is 16.5. The van der Waals surface area contributed by atoms with Crippen molar-refractivity contribution in [2.24, 2.45) is 0 Å². The number of hydrogen-bond acceptors (Lipinski definition) is 5. The quantitative estimate of drug-likeness (QED) is 0.559. The Morgan fingerprint density at radius 1 is 0.972 bits per heavy atom. The summed E-state index contributed by atoms with van der Waals surface area (Å²) in [5.41, 5.74) is 4.76. The molecule has 0 fully saturated rings. The SMILES string of the molecule is CC(C)N1CCOCCOc2ccc(C(=O)N[C@H](CO)c3ccccc3)cc2Cc2cccc(c2)C1. The third-order valence-electron chi connectivity index (χ3n) is 6.52. The van der Waals surface area contributed by atoms with Gasteiger partial charge in [0.1, 0.15) is 12.4 Å². The molecule has 1 amide bonds. The van der Waals surface area contributed by atoms with E-state index in [9.17, 15) is 9.90 Å². The molecule has 6 nitrogen and oxygen atoms in total. The van der Waals surface area contributed by atoms with E-state index in [0.29, 0.717) is 37.8 Å². The van der Waals surface area contributed by atoms with Crippen molar-refractivity contribution in [3.63, 3.8) is 0 Å². The predicted molar refractivity (Wildman–Crippen MR) is 141 cm³/mol. The highest BCUT2D eigenvalue weighted by Crippen LogP contribution is 2.25. The van der Waals surface area contributed by atoms with Crippen LogP contribution in [0.2, 0.25) is 0 Å². The molecule has 0 unspecified atom stereocenters. The average molecular weight is 489 g/mol. The normalized spacial score (nSPS) is 15.9. The maximum Gasteiger partial charge on any atom is 0.251 e. The number of hydrogen-bond donors (Lipinski definition) is 2. The fourth-order valence-corrected chi connectivity index (χ4v) is 4.47. The molecule has 190 valence electrons. The van der Waals surface area contributed by atoms with E-state index >= 15 is 0 Å². The maximum atomic E-state index is 13.1. The van der Waals surface area contributed by atoms with Crippen molar-refractivity contribution in [3.8, 4) is 5.75 Å². The Bertz CT molecular complexity index is 1130. The number of nitrogens with one attached hydrogen (secondary N) is 1. The number of aliphatic hydroxyl groups excluding tert-OH is 1. The third-order valence-corrected chi connectivity index (χ3v) is 6.52. The van der Waals surface area contributed by atoms with Gasteiger partial charge in [-0.25, -0.2) is 0 Å². The Morgan fingerprint density at radius 3 is 2.56 bits per heavy atom. The first-order valence-electron chi connectivity index (χ1n) is 12.7. The van der Waals surface area contributed by atoms with Crippen LogP contribution in [0.25, 0.3) is 0 Å². The van der Waals surface area contributed by atoms with Gasteiger partial charge in [-0.3, -0.25) is 9.69 Å². The van der Waals surface area contributed by atoms with Crippen molar-refractivity contribution < 1.29 is 19.4 Å². The molecule has 3 aromatic carbocycles. The fraction of sp³-hybridized carbons (Fsp3) is 0.367. The number of amides is 1. The Labute approximate surface area is 213 Å². The van der Waals surface area contributed by atoms with E-state index in [1.165, 1.54) is 11.1 Å². The zero-order chi connectivity index (χ0) is 25.3. The van der Waals surface area contributed by atoms with Crippen molar-refractivity contribution in [2.45, 2.75) is 38.9 Å². The number of rotatable bonds is 5. The summed E-state index contributed by atoms with van der Waals surface area (Å²) in [7, 11) is 0. The number of benzene rings is 3. The summed E-state index contributed by atoms with van der Waals surface area (Å²) < 4.78 is 11.9. The molecular weight excluding hydrogens is 452 g/mol. The molecule has 6 heteroatoms. The molecule has 0 spiro atoms. The molecule has 2 bridgehead atoms. The zero-order valence-electron chi connectivity index (χ0n) is 21.2. The van der Waals surface area contributed by atoms with Crippen LogP contribution in [0.1, 0.15) is 52.5 Å². The molecule has 3 aromatic rings. The Morgan fingerprint density at radius 2 is 1.78 bits per heavy atom. The van der Waals surface area contributed by atoms with Crippen LogP contribution in [0.5, 0.6) is 5.75 Å². The minimum atomic E-state index is -0.471. The van der Waals surface area contributed by atoms with Crippen LogP contribution >= 0.6 is 0 Å². The van der Waals surface area contributed by atoms with Crippen molar-refractivity contribution >= 4 is 5.91 Å². The molecule has 1 aliphatic heterocycles. The van der Waals surface area contributed by atoms with Gasteiger partial charge in [0.25, 0.3) is 5.91 Å². The van der Waals surface area contributed by atoms with Gasteiger partial charge in [0.05, 0.1) is 25.9 Å². The molecule has 0 radical (unpaired) electrons. The second-order valence-electron chi connectivity index (χ2n) is 9.46. The van der Waals surface area contributed by atoms with Gasteiger partial charge in [-0.15, -0.1) is 0 Å². The van der Waals surface area contributed by atoms with Gasteiger partial charge < -0.3 is 19.9 Å². The molecule has 0 saturated carbocycles. The third kappa shape index (κ3) is 6.94. The molecule has 2 N–H and O–H groups in total. The van der Waals surface area contributed by atoms with Crippen LogP contribution in [-0.4, -0.2) is 54.9 Å². The van der Waals surface area contributed by atoms with Crippen LogP contribution in [0.4, 0.5) is 0 Å². The first-order valence-corrected chi connectivity index (χ1v) is 12.7. The molecule has 4 rings (SSSR count). The van der Waals surface area contributed by atoms with Gasteiger partial charge in [-0.05, 0) is 54.3 Å². The first kappa shape index (κ1) is 25.9. The summed E-state index contributed by atoms with van der Waals surface area (Å²) in [4.78, 5) is 15.5.